The van der Waals surface area contributed by atoms with Gasteiger partial charge in [-0.2, -0.15) is 4.31 Å². The van der Waals surface area contributed by atoms with Crippen LogP contribution >= 0.6 is 0 Å². The van der Waals surface area contributed by atoms with Crippen LogP contribution in [0.25, 0.3) is 0 Å². The summed E-state index contributed by atoms with van der Waals surface area (Å²) in [5.74, 6) is -0.0118. The highest BCUT2D eigenvalue weighted by atomic mass is 32.2. The highest BCUT2D eigenvalue weighted by Gasteiger charge is 2.36. The molecule has 0 unspecified atom stereocenters. The maximum Gasteiger partial charge on any atom is 0.573 e. The molecule has 0 bridgehead atoms. The Morgan fingerprint density at radius 3 is 1.81 bits per heavy atom. The number of sulfone groups is 1. The average molecular weight is 479 g/mol. The molecule has 2 aromatic rings. The number of ether oxygens (including phenoxy) is 2. The largest absolute Gasteiger partial charge is 0.573 e. The van der Waals surface area contributed by atoms with E-state index in [0.29, 0.717) is 5.75 Å². The van der Waals surface area contributed by atoms with E-state index in [4.69, 9.17) is 4.74 Å². The minimum Gasteiger partial charge on any atom is -0.497 e. The first-order valence-electron chi connectivity index (χ1n) is 9.17. The molecular formula is C19H20F3NO6S2. The van der Waals surface area contributed by atoms with Crippen LogP contribution < -0.4 is 9.47 Å². The molecule has 7 nitrogen and oxygen atoms in total. The fraction of sp³-hybridized carbons (Fsp3) is 0.368. The minimum atomic E-state index is -4.88. The molecule has 1 saturated heterocycles. The first-order valence-corrected chi connectivity index (χ1v) is 12.2. The summed E-state index contributed by atoms with van der Waals surface area (Å²) in [5, 5.41) is -0.741. The molecule has 0 aliphatic carbocycles. The SMILES string of the molecule is COc1ccc(S(=O)(=O)C2CCN(S(=O)(=O)c3ccc(OC(F)(F)F)cc3)CC2)cc1. The summed E-state index contributed by atoms with van der Waals surface area (Å²) in [6, 6.07) is 9.86. The molecule has 3 rings (SSSR count). The highest BCUT2D eigenvalue weighted by molar-refractivity contribution is 7.92. The van der Waals surface area contributed by atoms with Gasteiger partial charge in [0.15, 0.2) is 9.84 Å². The van der Waals surface area contributed by atoms with Crippen LogP contribution in [0.4, 0.5) is 13.2 Å². The monoisotopic (exact) mass is 479 g/mol. The number of hydrogen-bond donors (Lipinski definition) is 0. The van der Waals surface area contributed by atoms with Crippen LogP contribution in [0.2, 0.25) is 0 Å². The number of alkyl halides is 3. The van der Waals surface area contributed by atoms with Crippen molar-refractivity contribution in [1.29, 1.82) is 0 Å². The molecule has 170 valence electrons. The van der Waals surface area contributed by atoms with Crippen LogP contribution in [0.5, 0.6) is 11.5 Å². The van der Waals surface area contributed by atoms with E-state index in [-0.39, 0.29) is 35.7 Å². The van der Waals surface area contributed by atoms with Gasteiger partial charge >= 0.3 is 6.36 Å². The topological polar surface area (TPSA) is 90.0 Å². The van der Waals surface area contributed by atoms with Gasteiger partial charge in [0.05, 0.1) is 22.2 Å². The predicted octanol–water partition coefficient (Wildman–Crippen LogP) is 3.22. The standard InChI is InChI=1S/C19H20F3NO6S2/c1-28-14-2-6-16(7-3-14)30(24,25)17-10-12-23(13-11-17)31(26,27)18-8-4-15(5-9-18)29-19(20,21)22/h2-9,17H,10-13H2,1H3. The Hall–Kier alpha value is -2.31. The number of hydrogen-bond acceptors (Lipinski definition) is 6. The maximum atomic E-state index is 12.9. The Labute approximate surface area is 178 Å². The summed E-state index contributed by atoms with van der Waals surface area (Å²) < 4.78 is 97.9. The summed E-state index contributed by atoms with van der Waals surface area (Å²) in [5.41, 5.74) is 0. The Morgan fingerprint density at radius 2 is 1.32 bits per heavy atom. The lowest BCUT2D eigenvalue weighted by Crippen LogP contribution is -2.42. The van der Waals surface area contributed by atoms with E-state index < -0.39 is 37.2 Å². The molecule has 0 spiro atoms. The molecule has 1 fully saturated rings. The normalized spacial score (nSPS) is 16.8. The second-order valence-electron chi connectivity index (χ2n) is 6.84. The summed E-state index contributed by atoms with van der Waals surface area (Å²) >= 11 is 0. The van der Waals surface area contributed by atoms with E-state index >= 15 is 0 Å². The van der Waals surface area contributed by atoms with Crippen molar-refractivity contribution >= 4 is 19.9 Å². The van der Waals surface area contributed by atoms with Crippen molar-refractivity contribution in [2.24, 2.45) is 0 Å². The Morgan fingerprint density at radius 1 is 0.839 bits per heavy atom. The zero-order valence-corrected chi connectivity index (χ0v) is 18.0. The molecule has 0 saturated carbocycles. The molecule has 0 atom stereocenters. The number of piperidine rings is 1. The molecule has 31 heavy (non-hydrogen) atoms. The highest BCUT2D eigenvalue weighted by Crippen LogP contribution is 2.30. The van der Waals surface area contributed by atoms with Gasteiger partial charge in [0.1, 0.15) is 11.5 Å². The van der Waals surface area contributed by atoms with Crippen LogP contribution in [-0.2, 0) is 19.9 Å². The van der Waals surface area contributed by atoms with Gasteiger partial charge in [-0.1, -0.05) is 0 Å². The number of rotatable bonds is 6. The lowest BCUT2D eigenvalue weighted by molar-refractivity contribution is -0.274. The van der Waals surface area contributed by atoms with E-state index in [1.165, 1.54) is 19.2 Å². The summed E-state index contributed by atoms with van der Waals surface area (Å²) in [6.07, 6.45) is -4.68. The predicted molar refractivity (Wildman–Crippen MR) is 105 cm³/mol. The molecule has 0 radical (unpaired) electrons. The number of methoxy groups -OCH3 is 1. The third-order valence-electron chi connectivity index (χ3n) is 4.92. The lowest BCUT2D eigenvalue weighted by Gasteiger charge is -2.31. The smallest absolute Gasteiger partial charge is 0.497 e. The van der Waals surface area contributed by atoms with E-state index in [1.807, 2.05) is 0 Å². The molecule has 0 N–H and O–H groups in total. The number of nitrogens with zero attached hydrogens (tertiary/aromatic N) is 1. The zero-order valence-electron chi connectivity index (χ0n) is 16.4. The van der Waals surface area contributed by atoms with Crippen molar-refractivity contribution in [3.8, 4) is 11.5 Å². The minimum absolute atomic E-state index is 0.0246. The second-order valence-corrected chi connectivity index (χ2v) is 11.0. The van der Waals surface area contributed by atoms with E-state index in [2.05, 4.69) is 4.74 Å². The van der Waals surface area contributed by atoms with Crippen molar-refractivity contribution in [3.63, 3.8) is 0 Å². The molecule has 1 aliphatic heterocycles. The molecule has 12 heteroatoms. The molecule has 0 aromatic heterocycles. The van der Waals surface area contributed by atoms with Crippen molar-refractivity contribution in [2.45, 2.75) is 34.2 Å². The van der Waals surface area contributed by atoms with Gasteiger partial charge in [-0.15, -0.1) is 13.2 Å². The molecule has 1 aliphatic rings. The second kappa shape index (κ2) is 8.67. The van der Waals surface area contributed by atoms with Gasteiger partial charge in [-0.3, -0.25) is 0 Å². The zero-order chi connectivity index (χ0) is 22.9. The van der Waals surface area contributed by atoms with Crippen molar-refractivity contribution in [2.75, 3.05) is 20.2 Å². The van der Waals surface area contributed by atoms with Crippen LogP contribution in [0, 0.1) is 0 Å². The van der Waals surface area contributed by atoms with Gasteiger partial charge in [0, 0.05) is 13.1 Å². The molecule has 2 aromatic carbocycles. The van der Waals surface area contributed by atoms with Crippen molar-refractivity contribution < 1.29 is 39.5 Å². The van der Waals surface area contributed by atoms with Crippen LogP contribution in [-0.4, -0.2) is 53.0 Å². The van der Waals surface area contributed by atoms with Crippen LogP contribution in [0.15, 0.2) is 58.3 Å². The lowest BCUT2D eigenvalue weighted by atomic mass is 10.2. The first kappa shape index (κ1) is 23.4. The van der Waals surface area contributed by atoms with Gasteiger partial charge < -0.3 is 9.47 Å². The van der Waals surface area contributed by atoms with Gasteiger partial charge in [-0.05, 0) is 61.4 Å². The Balaban J connectivity index is 1.69. The first-order chi connectivity index (χ1) is 14.4. The van der Waals surface area contributed by atoms with Gasteiger partial charge in [-0.25, -0.2) is 16.8 Å². The average Bonchev–Trinajstić information content (AvgIpc) is 2.73. The maximum absolute atomic E-state index is 12.9. The van der Waals surface area contributed by atoms with E-state index in [9.17, 15) is 30.0 Å². The van der Waals surface area contributed by atoms with E-state index in [1.54, 1.807) is 12.1 Å². The quantitative estimate of drug-likeness (QED) is 0.632. The third kappa shape index (κ3) is 5.31. The molecular weight excluding hydrogens is 459 g/mol. The summed E-state index contributed by atoms with van der Waals surface area (Å²) in [7, 11) is -6.15. The molecule has 1 heterocycles. The van der Waals surface area contributed by atoms with Crippen molar-refractivity contribution in [3.05, 3.63) is 48.5 Å². The van der Waals surface area contributed by atoms with Crippen molar-refractivity contribution in [1.82, 2.24) is 4.31 Å². The fourth-order valence-electron chi connectivity index (χ4n) is 3.30. The number of sulfonamides is 1. The third-order valence-corrected chi connectivity index (χ3v) is 9.11. The van der Waals surface area contributed by atoms with Gasteiger partial charge in [0.2, 0.25) is 10.0 Å². The summed E-state index contributed by atoms with van der Waals surface area (Å²) in [6.45, 7) is -0.0492. The van der Waals surface area contributed by atoms with Crippen LogP contribution in [0.3, 0.4) is 0 Å². The Bertz CT molecular complexity index is 1110. The Kier molecular flexibility index (Phi) is 6.53. The fourth-order valence-corrected chi connectivity index (χ4v) is 6.50. The van der Waals surface area contributed by atoms with Gasteiger partial charge in [0.25, 0.3) is 0 Å². The van der Waals surface area contributed by atoms with Crippen LogP contribution in [0.1, 0.15) is 12.8 Å². The molecule has 0 amide bonds. The number of halogens is 3. The summed E-state index contributed by atoms with van der Waals surface area (Å²) in [4.78, 5) is -0.0617. The van der Waals surface area contributed by atoms with E-state index in [0.717, 1.165) is 28.6 Å². The number of benzene rings is 2.